The van der Waals surface area contributed by atoms with Gasteiger partial charge in [0.05, 0.1) is 28.2 Å². The Hall–Kier alpha value is -2.96. The number of sulfone groups is 1. The maximum atomic E-state index is 12.0. The van der Waals surface area contributed by atoms with Crippen LogP contribution in [0.4, 0.5) is 11.4 Å². The number of aromatic nitrogens is 2. The maximum Gasteiger partial charge on any atom is 0.331 e. The predicted molar refractivity (Wildman–Crippen MR) is 121 cm³/mol. The second-order valence-corrected chi connectivity index (χ2v) is 10.2. The van der Waals surface area contributed by atoms with Crippen LogP contribution in [0.25, 0.3) is 6.08 Å². The van der Waals surface area contributed by atoms with E-state index in [1.165, 1.54) is 22.9 Å². The SMILES string of the molecule is Cc1nn(C2CCS(=O)(=O)C2)c(Cl)c1C=CC(=O)OCC(=O)Nc1ccc(Cl)cc1[N+](=O)[O-]. The lowest BCUT2D eigenvalue weighted by Gasteiger charge is -2.09. The molecule has 1 amide bonds. The van der Waals surface area contributed by atoms with Crippen LogP contribution >= 0.6 is 23.2 Å². The number of hydrogen-bond donors (Lipinski definition) is 1. The van der Waals surface area contributed by atoms with Crippen molar-refractivity contribution in [2.45, 2.75) is 19.4 Å². The van der Waals surface area contributed by atoms with Crippen molar-refractivity contribution >= 4 is 62.4 Å². The quantitative estimate of drug-likeness (QED) is 0.255. The van der Waals surface area contributed by atoms with Gasteiger partial charge in [-0.2, -0.15) is 5.10 Å². The van der Waals surface area contributed by atoms with Gasteiger partial charge in [-0.05, 0) is 31.6 Å². The van der Waals surface area contributed by atoms with Gasteiger partial charge in [0.25, 0.3) is 11.6 Å². The molecule has 14 heteroatoms. The Morgan fingerprint density at radius 3 is 2.76 bits per heavy atom. The van der Waals surface area contributed by atoms with Crippen LogP contribution in [0.5, 0.6) is 0 Å². The van der Waals surface area contributed by atoms with Gasteiger partial charge in [-0.25, -0.2) is 17.9 Å². The summed E-state index contributed by atoms with van der Waals surface area (Å²) in [4.78, 5) is 34.4. The lowest BCUT2D eigenvalue weighted by molar-refractivity contribution is -0.383. The molecule has 1 atom stereocenters. The molecule has 11 nitrogen and oxygen atoms in total. The molecule has 0 bridgehead atoms. The molecule has 3 rings (SSSR count). The lowest BCUT2D eigenvalue weighted by atomic mass is 10.2. The molecule has 0 aliphatic carbocycles. The molecule has 1 aliphatic rings. The fraction of sp³-hybridized carbons (Fsp3) is 0.316. The lowest BCUT2D eigenvalue weighted by Crippen LogP contribution is -2.20. The summed E-state index contributed by atoms with van der Waals surface area (Å²) in [5.41, 5.74) is 0.407. The monoisotopic (exact) mass is 516 g/mol. The summed E-state index contributed by atoms with van der Waals surface area (Å²) in [5.74, 6) is -1.64. The second-order valence-electron chi connectivity index (χ2n) is 7.20. The Morgan fingerprint density at radius 1 is 1.39 bits per heavy atom. The first-order valence-corrected chi connectivity index (χ1v) is 12.1. The van der Waals surface area contributed by atoms with Gasteiger partial charge in [0, 0.05) is 22.7 Å². The van der Waals surface area contributed by atoms with E-state index in [1.807, 2.05) is 0 Å². The Morgan fingerprint density at radius 2 is 2.12 bits per heavy atom. The number of esters is 1. The first kappa shape index (κ1) is 24.7. The van der Waals surface area contributed by atoms with Crippen LogP contribution in [-0.4, -0.2) is 53.1 Å². The van der Waals surface area contributed by atoms with Crippen molar-refractivity contribution in [3.05, 3.63) is 55.8 Å². The standard InChI is InChI=1S/C19H18Cl2N4O7S/c1-11-14(19(21)24(23-11)13-6-7-33(30,31)10-13)3-5-18(27)32-9-17(26)22-15-4-2-12(20)8-16(15)25(28)29/h2-5,8,13H,6-7,9-10H2,1H3,(H,22,26). The van der Waals surface area contributed by atoms with Crippen molar-refractivity contribution in [2.24, 2.45) is 0 Å². The minimum Gasteiger partial charge on any atom is -0.452 e. The second kappa shape index (κ2) is 9.89. The van der Waals surface area contributed by atoms with E-state index in [-0.39, 0.29) is 33.4 Å². The summed E-state index contributed by atoms with van der Waals surface area (Å²) in [6.07, 6.45) is 2.80. The van der Waals surface area contributed by atoms with Crippen molar-refractivity contribution in [3.8, 4) is 0 Å². The highest BCUT2D eigenvalue weighted by Crippen LogP contribution is 2.30. The van der Waals surface area contributed by atoms with E-state index in [1.54, 1.807) is 6.92 Å². The van der Waals surface area contributed by atoms with Crippen LogP contribution in [-0.2, 0) is 24.2 Å². The zero-order valence-corrected chi connectivity index (χ0v) is 19.5. The highest BCUT2D eigenvalue weighted by molar-refractivity contribution is 7.91. The highest BCUT2D eigenvalue weighted by atomic mass is 35.5. The minimum atomic E-state index is -3.13. The average molecular weight is 517 g/mol. The minimum absolute atomic E-state index is 0.0556. The van der Waals surface area contributed by atoms with Gasteiger partial charge in [-0.15, -0.1) is 0 Å². The van der Waals surface area contributed by atoms with Crippen LogP contribution in [0.1, 0.15) is 23.7 Å². The molecule has 2 aromatic rings. The van der Waals surface area contributed by atoms with Gasteiger partial charge >= 0.3 is 5.97 Å². The van der Waals surface area contributed by atoms with E-state index in [0.29, 0.717) is 17.7 Å². The zero-order valence-electron chi connectivity index (χ0n) is 17.2. The number of carbonyl (C=O) groups is 2. The van der Waals surface area contributed by atoms with Crippen LogP contribution in [0.3, 0.4) is 0 Å². The number of aryl methyl sites for hydroxylation is 1. The number of nitrogens with one attached hydrogen (secondary N) is 1. The van der Waals surface area contributed by atoms with Gasteiger partial charge in [0.15, 0.2) is 16.4 Å². The molecule has 1 fully saturated rings. The van der Waals surface area contributed by atoms with Crippen molar-refractivity contribution in [2.75, 3.05) is 23.4 Å². The fourth-order valence-corrected chi connectivity index (χ4v) is 5.45. The van der Waals surface area contributed by atoms with Crippen molar-refractivity contribution in [1.82, 2.24) is 9.78 Å². The number of rotatable bonds is 7. The van der Waals surface area contributed by atoms with Gasteiger partial charge in [-0.3, -0.25) is 14.9 Å². The summed E-state index contributed by atoms with van der Waals surface area (Å²) in [6, 6.07) is 3.33. The number of ether oxygens (including phenoxy) is 1. The number of carbonyl (C=O) groups excluding carboxylic acids is 2. The summed E-state index contributed by atoms with van der Waals surface area (Å²) in [5, 5.41) is 17.9. The van der Waals surface area contributed by atoms with Crippen molar-refractivity contribution in [3.63, 3.8) is 0 Å². The van der Waals surface area contributed by atoms with Crippen LogP contribution in [0.15, 0.2) is 24.3 Å². The summed E-state index contributed by atoms with van der Waals surface area (Å²) >= 11 is 12.1. The number of hydrogen-bond acceptors (Lipinski definition) is 8. The molecule has 1 aromatic heterocycles. The van der Waals surface area contributed by atoms with Crippen LogP contribution in [0, 0.1) is 17.0 Å². The molecule has 0 radical (unpaired) electrons. The molecule has 1 saturated heterocycles. The van der Waals surface area contributed by atoms with Crippen LogP contribution < -0.4 is 5.32 Å². The van der Waals surface area contributed by atoms with E-state index >= 15 is 0 Å². The highest BCUT2D eigenvalue weighted by Gasteiger charge is 2.31. The Balaban J connectivity index is 1.60. The third kappa shape index (κ3) is 6.09. The molecule has 1 aliphatic heterocycles. The molecule has 1 N–H and O–H groups in total. The maximum absolute atomic E-state index is 12.0. The Kier molecular flexibility index (Phi) is 7.40. The number of amides is 1. The molecule has 33 heavy (non-hydrogen) atoms. The number of anilines is 1. The van der Waals surface area contributed by atoms with Gasteiger partial charge in [0.2, 0.25) is 0 Å². The molecular formula is C19H18Cl2N4O7S. The largest absolute Gasteiger partial charge is 0.452 e. The molecule has 0 spiro atoms. The first-order chi connectivity index (χ1) is 15.5. The van der Waals surface area contributed by atoms with E-state index in [9.17, 15) is 28.1 Å². The smallest absolute Gasteiger partial charge is 0.331 e. The van der Waals surface area contributed by atoms with Crippen LogP contribution in [0.2, 0.25) is 10.2 Å². The molecular weight excluding hydrogens is 499 g/mol. The predicted octanol–water partition coefficient (Wildman–Crippen LogP) is 2.96. The van der Waals surface area contributed by atoms with E-state index < -0.39 is 38.9 Å². The molecule has 1 aromatic carbocycles. The summed E-state index contributed by atoms with van der Waals surface area (Å²) in [6.45, 7) is 0.970. The number of halogens is 2. The molecule has 2 heterocycles. The number of nitro groups is 1. The topological polar surface area (TPSA) is 151 Å². The van der Waals surface area contributed by atoms with E-state index in [2.05, 4.69) is 10.4 Å². The summed E-state index contributed by atoms with van der Waals surface area (Å²) in [7, 11) is -3.13. The molecule has 176 valence electrons. The number of nitro benzene ring substituents is 1. The third-order valence-corrected chi connectivity index (χ3v) is 7.15. The van der Waals surface area contributed by atoms with Crippen molar-refractivity contribution in [1.29, 1.82) is 0 Å². The van der Waals surface area contributed by atoms with Gasteiger partial charge in [0.1, 0.15) is 10.8 Å². The van der Waals surface area contributed by atoms with Crippen molar-refractivity contribution < 1.29 is 27.7 Å². The van der Waals surface area contributed by atoms with E-state index in [4.69, 9.17) is 27.9 Å². The van der Waals surface area contributed by atoms with E-state index in [0.717, 1.165) is 12.1 Å². The molecule has 1 unspecified atom stereocenters. The summed E-state index contributed by atoms with van der Waals surface area (Å²) < 4.78 is 29.7. The average Bonchev–Trinajstić information content (AvgIpc) is 3.24. The first-order valence-electron chi connectivity index (χ1n) is 9.50. The Bertz CT molecular complexity index is 1260. The normalized spacial score (nSPS) is 17.2. The zero-order chi connectivity index (χ0) is 24.3. The fourth-order valence-electron chi connectivity index (χ4n) is 3.22. The molecule has 0 saturated carbocycles. The number of nitrogens with zero attached hydrogens (tertiary/aromatic N) is 3. The van der Waals surface area contributed by atoms with Gasteiger partial charge in [-0.1, -0.05) is 23.2 Å². The number of benzene rings is 1. The Labute approximate surface area is 198 Å². The third-order valence-electron chi connectivity index (χ3n) is 4.79. The van der Waals surface area contributed by atoms with Gasteiger partial charge < -0.3 is 10.1 Å².